The van der Waals surface area contributed by atoms with Crippen molar-refractivity contribution in [2.24, 2.45) is 5.73 Å². The zero-order chi connectivity index (χ0) is 13.1. The molecule has 1 aromatic carbocycles. The fourth-order valence-corrected chi connectivity index (χ4v) is 1.82. The number of pyridine rings is 1. The number of aryl methyl sites for hydroxylation is 1. The van der Waals surface area contributed by atoms with Crippen LogP contribution in [-0.2, 0) is 4.79 Å². The molecule has 1 atom stereocenters. The lowest BCUT2D eigenvalue weighted by atomic mass is 10.1. The molecule has 0 bridgehead atoms. The van der Waals surface area contributed by atoms with E-state index in [-0.39, 0.29) is 5.91 Å². The zero-order valence-electron chi connectivity index (χ0n) is 10.6. The highest BCUT2D eigenvalue weighted by atomic mass is 16.2. The Morgan fingerprint density at radius 3 is 2.89 bits per heavy atom. The number of benzene rings is 1. The van der Waals surface area contributed by atoms with Crippen LogP contribution in [0.5, 0.6) is 0 Å². The molecule has 3 N–H and O–H groups in total. The number of para-hydroxylation sites is 1. The molecular formula is C14H17N3O. The Morgan fingerprint density at radius 1 is 1.44 bits per heavy atom. The van der Waals surface area contributed by atoms with Gasteiger partial charge in [-0.1, -0.05) is 25.1 Å². The Morgan fingerprint density at radius 2 is 2.17 bits per heavy atom. The third-order valence-corrected chi connectivity index (χ3v) is 2.88. The predicted octanol–water partition coefficient (Wildman–Crippen LogP) is 2.22. The second-order valence-corrected chi connectivity index (χ2v) is 4.33. The lowest BCUT2D eigenvalue weighted by molar-refractivity contribution is -0.117. The zero-order valence-corrected chi connectivity index (χ0v) is 10.6. The molecule has 4 heteroatoms. The van der Waals surface area contributed by atoms with Gasteiger partial charge in [0.25, 0.3) is 0 Å². The van der Waals surface area contributed by atoms with Gasteiger partial charge in [0.2, 0.25) is 5.91 Å². The molecule has 0 saturated carbocycles. The number of carbonyl (C=O) groups is 1. The molecule has 0 aliphatic carbocycles. The molecular weight excluding hydrogens is 226 g/mol. The first-order chi connectivity index (χ1) is 8.61. The van der Waals surface area contributed by atoms with Gasteiger partial charge >= 0.3 is 0 Å². The van der Waals surface area contributed by atoms with Gasteiger partial charge in [-0.3, -0.25) is 9.78 Å². The largest absolute Gasteiger partial charge is 0.324 e. The number of nitrogens with two attached hydrogens (primary N) is 1. The lowest BCUT2D eigenvalue weighted by Gasteiger charge is -2.12. The van der Waals surface area contributed by atoms with Crippen LogP contribution in [0.15, 0.2) is 30.3 Å². The molecule has 4 nitrogen and oxygen atoms in total. The summed E-state index contributed by atoms with van der Waals surface area (Å²) in [5.74, 6) is -0.159. The molecule has 2 rings (SSSR count). The molecule has 18 heavy (non-hydrogen) atoms. The summed E-state index contributed by atoms with van der Waals surface area (Å²) in [6, 6.07) is 9.11. The van der Waals surface area contributed by atoms with E-state index in [4.69, 9.17) is 5.73 Å². The van der Waals surface area contributed by atoms with Crippen LogP contribution < -0.4 is 11.1 Å². The highest BCUT2D eigenvalue weighted by molar-refractivity contribution is 6.02. The molecule has 2 aromatic rings. The Bertz CT molecular complexity index is 580. The number of nitrogens with zero attached hydrogens (tertiary/aromatic N) is 1. The van der Waals surface area contributed by atoms with E-state index in [1.165, 1.54) is 0 Å². The lowest BCUT2D eigenvalue weighted by Crippen LogP contribution is -2.34. The van der Waals surface area contributed by atoms with Gasteiger partial charge in [-0.05, 0) is 25.5 Å². The van der Waals surface area contributed by atoms with E-state index in [2.05, 4.69) is 10.3 Å². The highest BCUT2D eigenvalue weighted by Crippen LogP contribution is 2.22. The topological polar surface area (TPSA) is 68.0 Å². The van der Waals surface area contributed by atoms with Crippen LogP contribution in [-0.4, -0.2) is 16.9 Å². The number of amides is 1. The van der Waals surface area contributed by atoms with Crippen LogP contribution in [0.4, 0.5) is 5.69 Å². The standard InChI is InChI=1S/C14H17N3O/c1-3-11(15)14(18)17-13-8-9(2)16-12-7-5-4-6-10(12)13/h4-8,11H,3,15H2,1-2H3,(H,16,17,18)/t11-/m0/s1. The molecule has 0 aliphatic rings. The quantitative estimate of drug-likeness (QED) is 0.868. The minimum Gasteiger partial charge on any atom is -0.324 e. The molecule has 1 amide bonds. The Kier molecular flexibility index (Phi) is 3.58. The molecule has 0 saturated heterocycles. The van der Waals surface area contributed by atoms with Crippen molar-refractivity contribution in [3.63, 3.8) is 0 Å². The van der Waals surface area contributed by atoms with E-state index < -0.39 is 6.04 Å². The van der Waals surface area contributed by atoms with Crippen LogP contribution in [0.2, 0.25) is 0 Å². The van der Waals surface area contributed by atoms with Crippen molar-refractivity contribution in [3.05, 3.63) is 36.0 Å². The Hall–Kier alpha value is -1.94. The Balaban J connectivity index is 2.41. The molecule has 0 aliphatic heterocycles. The first kappa shape index (κ1) is 12.5. The number of rotatable bonds is 3. The fraction of sp³-hybridized carbons (Fsp3) is 0.286. The maximum Gasteiger partial charge on any atom is 0.241 e. The summed E-state index contributed by atoms with van der Waals surface area (Å²) >= 11 is 0. The summed E-state index contributed by atoms with van der Waals surface area (Å²) in [5.41, 5.74) is 8.23. The molecule has 1 aromatic heterocycles. The molecule has 94 valence electrons. The van der Waals surface area contributed by atoms with Crippen LogP contribution in [0.1, 0.15) is 19.0 Å². The predicted molar refractivity (Wildman–Crippen MR) is 73.4 cm³/mol. The van der Waals surface area contributed by atoms with Crippen molar-refractivity contribution >= 4 is 22.5 Å². The minimum absolute atomic E-state index is 0.159. The average molecular weight is 243 g/mol. The van der Waals surface area contributed by atoms with E-state index in [9.17, 15) is 4.79 Å². The summed E-state index contributed by atoms with van der Waals surface area (Å²) in [6.45, 7) is 3.79. The monoisotopic (exact) mass is 243 g/mol. The van der Waals surface area contributed by atoms with E-state index in [0.29, 0.717) is 6.42 Å². The van der Waals surface area contributed by atoms with Crippen LogP contribution in [0.3, 0.4) is 0 Å². The van der Waals surface area contributed by atoms with Gasteiger partial charge in [-0.25, -0.2) is 0 Å². The summed E-state index contributed by atoms with van der Waals surface area (Å²) in [5, 5.41) is 3.80. The number of nitrogens with one attached hydrogen (secondary N) is 1. The molecule has 0 unspecified atom stereocenters. The normalized spacial score (nSPS) is 12.4. The minimum atomic E-state index is -0.475. The number of carbonyl (C=O) groups excluding carboxylic acids is 1. The first-order valence-corrected chi connectivity index (χ1v) is 6.04. The number of fused-ring (bicyclic) bond motifs is 1. The fourth-order valence-electron chi connectivity index (χ4n) is 1.82. The molecule has 0 fully saturated rings. The summed E-state index contributed by atoms with van der Waals surface area (Å²) in [7, 11) is 0. The van der Waals surface area contributed by atoms with Crippen LogP contribution in [0, 0.1) is 6.92 Å². The van der Waals surface area contributed by atoms with Crippen LogP contribution >= 0.6 is 0 Å². The summed E-state index contributed by atoms with van der Waals surface area (Å²) < 4.78 is 0. The van der Waals surface area contributed by atoms with Crippen LogP contribution in [0.25, 0.3) is 10.9 Å². The number of aromatic nitrogens is 1. The third-order valence-electron chi connectivity index (χ3n) is 2.88. The van der Waals surface area contributed by atoms with E-state index in [0.717, 1.165) is 22.3 Å². The molecule has 0 radical (unpaired) electrons. The van der Waals surface area contributed by atoms with Gasteiger partial charge < -0.3 is 11.1 Å². The summed E-state index contributed by atoms with van der Waals surface area (Å²) in [4.78, 5) is 16.3. The van der Waals surface area contributed by atoms with Crippen molar-refractivity contribution in [3.8, 4) is 0 Å². The van der Waals surface area contributed by atoms with E-state index in [1.807, 2.05) is 44.2 Å². The van der Waals surface area contributed by atoms with Gasteiger partial charge in [0.05, 0.1) is 17.2 Å². The molecule has 1 heterocycles. The first-order valence-electron chi connectivity index (χ1n) is 6.04. The third kappa shape index (κ3) is 2.49. The number of anilines is 1. The van der Waals surface area contributed by atoms with Gasteiger partial charge in [0, 0.05) is 11.1 Å². The van der Waals surface area contributed by atoms with Gasteiger partial charge in [0.15, 0.2) is 0 Å². The molecule has 0 spiro atoms. The van der Waals surface area contributed by atoms with Crippen molar-refractivity contribution in [1.82, 2.24) is 4.98 Å². The Labute approximate surface area is 106 Å². The smallest absolute Gasteiger partial charge is 0.241 e. The van der Waals surface area contributed by atoms with Crippen molar-refractivity contribution < 1.29 is 4.79 Å². The SMILES string of the molecule is CC[C@H](N)C(=O)Nc1cc(C)nc2ccccc12. The van der Waals surface area contributed by atoms with Gasteiger partial charge in [-0.15, -0.1) is 0 Å². The van der Waals surface area contributed by atoms with E-state index >= 15 is 0 Å². The second kappa shape index (κ2) is 5.14. The van der Waals surface area contributed by atoms with E-state index in [1.54, 1.807) is 0 Å². The maximum atomic E-state index is 11.8. The summed E-state index contributed by atoms with van der Waals surface area (Å²) in [6.07, 6.45) is 0.619. The van der Waals surface area contributed by atoms with Crippen molar-refractivity contribution in [1.29, 1.82) is 0 Å². The second-order valence-electron chi connectivity index (χ2n) is 4.33. The van der Waals surface area contributed by atoms with Crippen molar-refractivity contribution in [2.75, 3.05) is 5.32 Å². The van der Waals surface area contributed by atoms with Crippen molar-refractivity contribution in [2.45, 2.75) is 26.3 Å². The van der Waals surface area contributed by atoms with Gasteiger partial charge in [0.1, 0.15) is 0 Å². The maximum absolute atomic E-state index is 11.8. The highest BCUT2D eigenvalue weighted by Gasteiger charge is 2.13. The number of hydrogen-bond acceptors (Lipinski definition) is 3. The van der Waals surface area contributed by atoms with Gasteiger partial charge in [-0.2, -0.15) is 0 Å². The number of hydrogen-bond donors (Lipinski definition) is 2. The average Bonchev–Trinajstić information content (AvgIpc) is 2.37.